The van der Waals surface area contributed by atoms with E-state index in [0.29, 0.717) is 0 Å². The zero-order chi connectivity index (χ0) is 16.2. The van der Waals surface area contributed by atoms with Gasteiger partial charge in [-0.1, -0.05) is 31.9 Å². The summed E-state index contributed by atoms with van der Waals surface area (Å²) in [5, 5.41) is 13.6. The fourth-order valence-electron chi connectivity index (χ4n) is 2.15. The molecule has 0 saturated heterocycles. The van der Waals surface area contributed by atoms with E-state index in [0.717, 1.165) is 12.0 Å². The van der Waals surface area contributed by atoms with Crippen molar-refractivity contribution in [2.24, 2.45) is 5.41 Å². The Morgan fingerprint density at radius 1 is 1.45 bits per heavy atom. The topological polar surface area (TPSA) is 112 Å². The SMILES string of the molecule is CC(C)(C)C[C@H](NC(=O)Cn1nnnc1N)c1cccnc1. The molecule has 22 heavy (non-hydrogen) atoms. The predicted molar refractivity (Wildman–Crippen MR) is 81.4 cm³/mol. The second-order valence-electron chi connectivity index (χ2n) is 6.37. The van der Waals surface area contributed by atoms with Crippen LogP contribution >= 0.6 is 0 Å². The summed E-state index contributed by atoms with van der Waals surface area (Å²) in [6.45, 7) is 6.37. The van der Waals surface area contributed by atoms with Crippen LogP contribution in [0, 0.1) is 5.41 Å². The molecule has 2 aromatic rings. The highest BCUT2D eigenvalue weighted by Crippen LogP contribution is 2.29. The number of rotatable bonds is 5. The van der Waals surface area contributed by atoms with E-state index in [-0.39, 0.29) is 29.9 Å². The van der Waals surface area contributed by atoms with Crippen molar-refractivity contribution in [1.29, 1.82) is 0 Å². The molecular weight excluding hydrogens is 282 g/mol. The number of carbonyl (C=O) groups is 1. The van der Waals surface area contributed by atoms with Gasteiger partial charge < -0.3 is 11.1 Å². The number of anilines is 1. The standard InChI is InChI=1S/C14H21N7O/c1-14(2,3)7-11(10-5-4-6-16-8-10)17-12(22)9-21-13(15)18-19-20-21/h4-6,8,11H,7,9H2,1-3H3,(H,17,22)(H2,15,18,20)/t11-/m0/s1. The predicted octanol–water partition coefficient (Wildman–Crippen LogP) is 0.944. The third-order valence-corrected chi connectivity index (χ3v) is 3.09. The first kappa shape index (κ1) is 15.9. The average Bonchev–Trinajstić information content (AvgIpc) is 2.83. The van der Waals surface area contributed by atoms with Gasteiger partial charge in [0, 0.05) is 12.4 Å². The number of hydrogen-bond acceptors (Lipinski definition) is 6. The molecule has 0 fully saturated rings. The molecule has 2 rings (SSSR count). The summed E-state index contributed by atoms with van der Waals surface area (Å²) in [5.41, 5.74) is 6.59. The van der Waals surface area contributed by atoms with Crippen LogP contribution in [0.25, 0.3) is 0 Å². The number of nitrogens with zero attached hydrogens (tertiary/aromatic N) is 5. The van der Waals surface area contributed by atoms with Crippen molar-refractivity contribution in [2.75, 3.05) is 5.73 Å². The van der Waals surface area contributed by atoms with Gasteiger partial charge in [-0.25, -0.2) is 4.68 Å². The molecule has 0 spiro atoms. The number of hydrogen-bond donors (Lipinski definition) is 2. The van der Waals surface area contributed by atoms with Crippen LogP contribution in [0.5, 0.6) is 0 Å². The molecule has 1 atom stereocenters. The van der Waals surface area contributed by atoms with E-state index in [1.165, 1.54) is 4.68 Å². The summed E-state index contributed by atoms with van der Waals surface area (Å²) >= 11 is 0. The first-order valence-electron chi connectivity index (χ1n) is 7.06. The Hall–Kier alpha value is -2.51. The Morgan fingerprint density at radius 3 is 2.77 bits per heavy atom. The van der Waals surface area contributed by atoms with Crippen LogP contribution in [0.4, 0.5) is 5.95 Å². The molecule has 1 amide bonds. The Kier molecular flexibility index (Phi) is 4.69. The fraction of sp³-hybridized carbons (Fsp3) is 0.500. The lowest BCUT2D eigenvalue weighted by molar-refractivity contribution is -0.122. The maximum Gasteiger partial charge on any atom is 0.242 e. The van der Waals surface area contributed by atoms with Crippen LogP contribution in [0.2, 0.25) is 0 Å². The van der Waals surface area contributed by atoms with Gasteiger partial charge >= 0.3 is 0 Å². The average molecular weight is 303 g/mol. The van der Waals surface area contributed by atoms with E-state index in [2.05, 4.69) is 46.6 Å². The number of tetrazole rings is 1. The maximum atomic E-state index is 12.2. The second-order valence-corrected chi connectivity index (χ2v) is 6.37. The minimum absolute atomic E-state index is 0.0141. The van der Waals surface area contributed by atoms with Crippen molar-refractivity contribution in [3.05, 3.63) is 30.1 Å². The minimum atomic E-state index is -0.197. The summed E-state index contributed by atoms with van der Waals surface area (Å²) in [6, 6.07) is 3.69. The largest absolute Gasteiger partial charge is 0.367 e. The van der Waals surface area contributed by atoms with Crippen molar-refractivity contribution in [1.82, 2.24) is 30.5 Å². The smallest absolute Gasteiger partial charge is 0.242 e. The van der Waals surface area contributed by atoms with Gasteiger partial charge in [-0.15, -0.1) is 0 Å². The molecule has 0 aromatic carbocycles. The van der Waals surface area contributed by atoms with E-state index in [1.807, 2.05) is 12.1 Å². The first-order chi connectivity index (χ1) is 10.3. The summed E-state index contributed by atoms with van der Waals surface area (Å²) in [4.78, 5) is 16.4. The molecule has 0 aliphatic carbocycles. The van der Waals surface area contributed by atoms with Crippen LogP contribution in [0.15, 0.2) is 24.5 Å². The fourth-order valence-corrected chi connectivity index (χ4v) is 2.15. The molecule has 0 unspecified atom stereocenters. The van der Waals surface area contributed by atoms with Crippen molar-refractivity contribution in [2.45, 2.75) is 39.8 Å². The van der Waals surface area contributed by atoms with Crippen molar-refractivity contribution in [3.63, 3.8) is 0 Å². The number of nitrogen functional groups attached to an aromatic ring is 1. The lowest BCUT2D eigenvalue weighted by Crippen LogP contribution is -2.34. The monoisotopic (exact) mass is 303 g/mol. The van der Waals surface area contributed by atoms with Gasteiger partial charge in [0.05, 0.1) is 6.04 Å². The van der Waals surface area contributed by atoms with E-state index in [4.69, 9.17) is 5.73 Å². The van der Waals surface area contributed by atoms with Crippen LogP contribution in [-0.2, 0) is 11.3 Å². The molecule has 0 aliphatic heterocycles. The second kappa shape index (κ2) is 6.50. The van der Waals surface area contributed by atoms with Gasteiger partial charge in [0.25, 0.3) is 0 Å². The molecule has 3 N–H and O–H groups in total. The Bertz CT molecular complexity index is 618. The first-order valence-corrected chi connectivity index (χ1v) is 7.06. The van der Waals surface area contributed by atoms with Gasteiger partial charge in [0.1, 0.15) is 6.54 Å². The summed E-state index contributed by atoms with van der Waals surface area (Å²) in [7, 11) is 0. The van der Waals surface area contributed by atoms with E-state index < -0.39 is 0 Å². The Labute approximate surface area is 129 Å². The quantitative estimate of drug-likeness (QED) is 0.850. The van der Waals surface area contributed by atoms with E-state index in [9.17, 15) is 4.79 Å². The molecule has 0 saturated carbocycles. The van der Waals surface area contributed by atoms with Crippen LogP contribution in [0.1, 0.15) is 38.8 Å². The summed E-state index contributed by atoms with van der Waals surface area (Å²) in [6.07, 6.45) is 4.26. The molecule has 2 aromatic heterocycles. The van der Waals surface area contributed by atoms with Crippen LogP contribution < -0.4 is 11.1 Å². The van der Waals surface area contributed by atoms with Crippen LogP contribution in [-0.4, -0.2) is 31.1 Å². The summed E-state index contributed by atoms with van der Waals surface area (Å²) in [5.74, 6) is -0.0824. The number of nitrogens with one attached hydrogen (secondary N) is 1. The van der Waals surface area contributed by atoms with Gasteiger partial charge in [-0.05, 0) is 33.9 Å². The molecule has 8 heteroatoms. The zero-order valence-electron chi connectivity index (χ0n) is 13.0. The highest BCUT2D eigenvalue weighted by molar-refractivity contribution is 5.76. The van der Waals surface area contributed by atoms with Crippen molar-refractivity contribution in [3.8, 4) is 0 Å². The molecule has 0 aliphatic rings. The number of aromatic nitrogens is 5. The Morgan fingerprint density at radius 2 is 2.23 bits per heavy atom. The molecule has 118 valence electrons. The van der Waals surface area contributed by atoms with E-state index >= 15 is 0 Å². The number of nitrogens with two attached hydrogens (primary N) is 1. The third kappa shape index (κ3) is 4.51. The zero-order valence-corrected chi connectivity index (χ0v) is 13.0. The van der Waals surface area contributed by atoms with Crippen molar-refractivity contribution < 1.29 is 4.79 Å². The lowest BCUT2D eigenvalue weighted by Gasteiger charge is -2.27. The maximum absolute atomic E-state index is 12.2. The lowest BCUT2D eigenvalue weighted by atomic mass is 9.86. The minimum Gasteiger partial charge on any atom is -0.367 e. The number of pyridine rings is 1. The number of carbonyl (C=O) groups excluding carboxylic acids is 1. The van der Waals surface area contributed by atoms with Crippen molar-refractivity contribution >= 4 is 11.9 Å². The number of amides is 1. The van der Waals surface area contributed by atoms with Crippen LogP contribution in [0.3, 0.4) is 0 Å². The molecule has 2 heterocycles. The normalized spacial score (nSPS) is 12.9. The Balaban J connectivity index is 2.09. The van der Waals surface area contributed by atoms with Gasteiger partial charge in [0.15, 0.2) is 0 Å². The highest BCUT2D eigenvalue weighted by Gasteiger charge is 2.22. The van der Waals surface area contributed by atoms with E-state index in [1.54, 1.807) is 12.4 Å². The molecule has 0 bridgehead atoms. The third-order valence-electron chi connectivity index (χ3n) is 3.09. The summed E-state index contributed by atoms with van der Waals surface area (Å²) < 4.78 is 1.26. The highest BCUT2D eigenvalue weighted by atomic mass is 16.2. The molecule has 0 radical (unpaired) electrons. The van der Waals surface area contributed by atoms with Gasteiger partial charge in [0.2, 0.25) is 11.9 Å². The molecular formula is C14H21N7O. The van der Waals surface area contributed by atoms with Gasteiger partial charge in [-0.3, -0.25) is 9.78 Å². The molecule has 8 nitrogen and oxygen atoms in total. The van der Waals surface area contributed by atoms with Gasteiger partial charge in [-0.2, -0.15) is 0 Å².